The van der Waals surface area contributed by atoms with E-state index in [-0.39, 0.29) is 29.3 Å². The minimum absolute atomic E-state index is 0.164. The molecule has 0 aliphatic carbocycles. The zero-order valence-corrected chi connectivity index (χ0v) is 15.3. The van der Waals surface area contributed by atoms with Crippen molar-refractivity contribution < 1.29 is 35.8 Å². The highest BCUT2D eigenvalue weighted by atomic mass is 19.4. The van der Waals surface area contributed by atoms with E-state index in [0.29, 0.717) is 0 Å². The van der Waals surface area contributed by atoms with Crippen molar-refractivity contribution in [3.63, 3.8) is 0 Å². The quantitative estimate of drug-likeness (QED) is 0.548. The molecule has 0 radical (unpaired) electrons. The highest BCUT2D eigenvalue weighted by Crippen LogP contribution is 2.35. The van der Waals surface area contributed by atoms with Crippen molar-refractivity contribution >= 4 is 5.65 Å². The molecule has 0 N–H and O–H groups in total. The van der Waals surface area contributed by atoms with Crippen LogP contribution in [0.2, 0.25) is 0 Å². The predicted octanol–water partition coefficient (Wildman–Crippen LogP) is 4.72. The van der Waals surface area contributed by atoms with Gasteiger partial charge in [0.1, 0.15) is 17.1 Å². The van der Waals surface area contributed by atoms with E-state index in [0.717, 1.165) is 28.7 Å². The van der Waals surface area contributed by atoms with Gasteiger partial charge in [-0.2, -0.15) is 26.3 Å². The second-order valence-electron chi connectivity index (χ2n) is 6.09. The van der Waals surface area contributed by atoms with Gasteiger partial charge in [-0.05, 0) is 30.7 Å². The molecule has 0 saturated carbocycles. The molecule has 3 aromatic rings. The monoisotopic (exact) mass is 432 g/mol. The van der Waals surface area contributed by atoms with Crippen LogP contribution >= 0.6 is 0 Å². The number of benzene rings is 1. The second-order valence-corrected chi connectivity index (χ2v) is 6.09. The van der Waals surface area contributed by atoms with Crippen LogP contribution in [0.1, 0.15) is 12.6 Å². The van der Waals surface area contributed by atoms with Gasteiger partial charge in [0.25, 0.3) is 5.56 Å². The fraction of sp³-hybridized carbons (Fsp3) is 0.263. The first-order chi connectivity index (χ1) is 14.0. The summed E-state index contributed by atoms with van der Waals surface area (Å²) in [7, 11) is 0. The molecule has 3 rings (SSSR count). The number of nitrogens with zero attached hydrogens (tertiary/aromatic N) is 2. The van der Waals surface area contributed by atoms with E-state index in [2.05, 4.69) is 9.72 Å². The smallest absolute Gasteiger partial charge is 0.434 e. The molecule has 30 heavy (non-hydrogen) atoms. The molecule has 160 valence electrons. The number of aromatic nitrogens is 2. The Balaban J connectivity index is 2.11. The number of alkyl halides is 6. The number of pyridine rings is 1. The molecule has 0 amide bonds. The van der Waals surface area contributed by atoms with Crippen molar-refractivity contribution in [1.82, 2.24) is 9.38 Å². The van der Waals surface area contributed by atoms with Crippen LogP contribution < -0.4 is 15.0 Å². The molecule has 0 fully saturated rings. The van der Waals surface area contributed by atoms with Gasteiger partial charge >= 0.3 is 12.4 Å². The highest BCUT2D eigenvalue weighted by Gasteiger charge is 2.38. The first-order valence-electron chi connectivity index (χ1n) is 8.56. The lowest BCUT2D eigenvalue weighted by atomic mass is 10.0. The molecule has 1 aromatic carbocycles. The van der Waals surface area contributed by atoms with Gasteiger partial charge in [-0.15, -0.1) is 0 Å². The van der Waals surface area contributed by atoms with Crippen LogP contribution in [0.4, 0.5) is 26.3 Å². The molecule has 2 heterocycles. The minimum Gasteiger partial charge on any atom is -0.494 e. The Morgan fingerprint density at radius 1 is 0.967 bits per heavy atom. The predicted molar refractivity (Wildman–Crippen MR) is 94.6 cm³/mol. The molecule has 0 aliphatic rings. The molecule has 11 heteroatoms. The van der Waals surface area contributed by atoms with Crippen LogP contribution in [-0.2, 0) is 6.18 Å². The summed E-state index contributed by atoms with van der Waals surface area (Å²) in [6, 6.07) is 6.85. The van der Waals surface area contributed by atoms with Crippen LogP contribution in [0.15, 0.2) is 47.4 Å². The normalized spacial score (nSPS) is 12.2. The summed E-state index contributed by atoms with van der Waals surface area (Å²) in [5.41, 5.74) is -3.55. The fourth-order valence-corrected chi connectivity index (χ4v) is 2.72. The Labute approximate surface area is 165 Å². The van der Waals surface area contributed by atoms with E-state index in [9.17, 15) is 31.1 Å². The van der Waals surface area contributed by atoms with Crippen LogP contribution in [0.5, 0.6) is 11.5 Å². The lowest BCUT2D eigenvalue weighted by Crippen LogP contribution is -2.24. The van der Waals surface area contributed by atoms with Crippen LogP contribution in [0, 0.1) is 0 Å². The number of halogens is 6. The number of hydrogen-bond acceptors (Lipinski definition) is 4. The Morgan fingerprint density at radius 2 is 1.63 bits per heavy atom. The standard InChI is InChI=1S/C19H14F6N2O3/c1-2-29-13-7-8-27-14(9-13)26-16(19(23,24)25)15(17(27)28)11-3-5-12(6-4-11)30-10-18(20,21)22/h3-9H,2,10H2,1H3. The Morgan fingerprint density at radius 3 is 2.20 bits per heavy atom. The largest absolute Gasteiger partial charge is 0.494 e. The zero-order valence-electron chi connectivity index (χ0n) is 15.3. The molecule has 0 atom stereocenters. The SMILES string of the molecule is CCOc1ccn2c(=O)c(-c3ccc(OCC(F)(F)F)cc3)c(C(F)(F)F)nc2c1. The van der Waals surface area contributed by atoms with Gasteiger partial charge in [-0.1, -0.05) is 12.1 Å². The van der Waals surface area contributed by atoms with Gasteiger partial charge in [0.2, 0.25) is 0 Å². The first-order valence-corrected chi connectivity index (χ1v) is 8.56. The summed E-state index contributed by atoms with van der Waals surface area (Å²) in [6.45, 7) is 0.409. The molecule has 0 aliphatic heterocycles. The van der Waals surface area contributed by atoms with Gasteiger partial charge in [0, 0.05) is 12.3 Å². The average Bonchev–Trinajstić information content (AvgIpc) is 2.66. The zero-order chi connectivity index (χ0) is 22.1. The molecular formula is C19H14F6N2O3. The molecule has 5 nitrogen and oxygen atoms in total. The average molecular weight is 432 g/mol. The van der Waals surface area contributed by atoms with Gasteiger partial charge in [-0.3, -0.25) is 9.20 Å². The Hall–Kier alpha value is -3.24. The number of fused-ring (bicyclic) bond motifs is 1. The molecule has 0 saturated heterocycles. The van der Waals surface area contributed by atoms with Crippen LogP contribution in [0.3, 0.4) is 0 Å². The van der Waals surface area contributed by atoms with Crippen molar-refractivity contribution in [1.29, 1.82) is 0 Å². The maximum Gasteiger partial charge on any atom is 0.434 e. The summed E-state index contributed by atoms with van der Waals surface area (Å²) >= 11 is 0. The van der Waals surface area contributed by atoms with Crippen molar-refractivity contribution in [2.45, 2.75) is 19.3 Å². The summed E-state index contributed by atoms with van der Waals surface area (Å²) in [4.78, 5) is 16.4. The number of hydrogen-bond donors (Lipinski definition) is 0. The van der Waals surface area contributed by atoms with Crippen molar-refractivity contribution in [3.05, 3.63) is 58.6 Å². The van der Waals surface area contributed by atoms with Gasteiger partial charge in [0.15, 0.2) is 12.3 Å². The lowest BCUT2D eigenvalue weighted by Gasteiger charge is -2.15. The van der Waals surface area contributed by atoms with E-state index in [1.165, 1.54) is 18.3 Å². The fourth-order valence-electron chi connectivity index (χ4n) is 2.72. The maximum absolute atomic E-state index is 13.6. The van der Waals surface area contributed by atoms with E-state index in [1.54, 1.807) is 6.92 Å². The summed E-state index contributed by atoms with van der Waals surface area (Å²) in [5.74, 6) is 0.0382. The summed E-state index contributed by atoms with van der Waals surface area (Å²) < 4.78 is 88.3. The van der Waals surface area contributed by atoms with E-state index < -0.39 is 35.8 Å². The third-order valence-corrected chi connectivity index (χ3v) is 3.93. The van der Waals surface area contributed by atoms with Crippen molar-refractivity contribution in [3.8, 4) is 22.6 Å². The molecule has 0 bridgehead atoms. The topological polar surface area (TPSA) is 52.8 Å². The van der Waals surface area contributed by atoms with Gasteiger partial charge in [0.05, 0.1) is 12.2 Å². The first kappa shape index (κ1) is 21.5. The molecule has 0 spiro atoms. The molecular weight excluding hydrogens is 418 g/mol. The van der Waals surface area contributed by atoms with Crippen molar-refractivity contribution in [2.75, 3.05) is 13.2 Å². The lowest BCUT2D eigenvalue weighted by molar-refractivity contribution is -0.153. The minimum atomic E-state index is -4.95. The van der Waals surface area contributed by atoms with E-state index in [4.69, 9.17) is 4.74 Å². The molecule has 0 unspecified atom stereocenters. The Bertz CT molecular complexity index is 1100. The maximum atomic E-state index is 13.6. The van der Waals surface area contributed by atoms with Crippen LogP contribution in [-0.4, -0.2) is 28.8 Å². The third-order valence-electron chi connectivity index (χ3n) is 3.93. The summed E-state index contributed by atoms with van der Waals surface area (Å²) in [5, 5.41) is 0. The molecule has 2 aromatic heterocycles. The number of rotatable bonds is 5. The van der Waals surface area contributed by atoms with Gasteiger partial charge in [-0.25, -0.2) is 4.98 Å². The second kappa shape index (κ2) is 7.88. The van der Waals surface area contributed by atoms with E-state index >= 15 is 0 Å². The third kappa shape index (κ3) is 4.66. The van der Waals surface area contributed by atoms with Crippen LogP contribution in [0.25, 0.3) is 16.8 Å². The van der Waals surface area contributed by atoms with Crippen molar-refractivity contribution in [2.24, 2.45) is 0 Å². The summed E-state index contributed by atoms with van der Waals surface area (Å²) in [6.07, 6.45) is -8.28. The van der Waals surface area contributed by atoms with E-state index in [1.807, 2.05) is 0 Å². The number of ether oxygens (including phenoxy) is 2. The van der Waals surface area contributed by atoms with Gasteiger partial charge < -0.3 is 9.47 Å². The highest BCUT2D eigenvalue weighted by molar-refractivity contribution is 5.68. The Kier molecular flexibility index (Phi) is 5.64.